The molecule has 0 heterocycles. The SMILES string of the molecule is CCS(=O)(=O)Nc1cc(OCc2ccccc2)c(OC)cc1Br. The Balaban J connectivity index is 2.26. The minimum atomic E-state index is -3.37. The summed E-state index contributed by atoms with van der Waals surface area (Å²) in [5.41, 5.74) is 1.42. The molecule has 0 aliphatic rings. The molecule has 0 amide bonds. The highest BCUT2D eigenvalue weighted by molar-refractivity contribution is 9.10. The summed E-state index contributed by atoms with van der Waals surface area (Å²) in [4.78, 5) is 0. The molecule has 7 heteroatoms. The zero-order valence-corrected chi connectivity index (χ0v) is 15.3. The Kier molecular flexibility index (Phi) is 5.90. The van der Waals surface area contributed by atoms with Gasteiger partial charge in [0.15, 0.2) is 11.5 Å². The van der Waals surface area contributed by atoms with Crippen LogP contribution in [0.4, 0.5) is 5.69 Å². The van der Waals surface area contributed by atoms with Crippen LogP contribution in [-0.2, 0) is 16.6 Å². The first-order chi connectivity index (χ1) is 10.9. The fraction of sp³-hybridized carbons (Fsp3) is 0.250. The average molecular weight is 400 g/mol. The van der Waals surface area contributed by atoms with Crippen LogP contribution in [0.25, 0.3) is 0 Å². The van der Waals surface area contributed by atoms with Crippen LogP contribution in [-0.4, -0.2) is 21.3 Å². The number of ether oxygens (including phenoxy) is 2. The number of sulfonamides is 1. The van der Waals surface area contributed by atoms with Crippen LogP contribution in [0.5, 0.6) is 11.5 Å². The third-order valence-corrected chi connectivity index (χ3v) is 5.08. The molecule has 124 valence electrons. The molecule has 1 N–H and O–H groups in total. The summed E-state index contributed by atoms with van der Waals surface area (Å²) in [5, 5.41) is 0. The lowest BCUT2D eigenvalue weighted by Crippen LogP contribution is -2.15. The van der Waals surface area contributed by atoms with Gasteiger partial charge in [-0.25, -0.2) is 8.42 Å². The maximum Gasteiger partial charge on any atom is 0.232 e. The maximum absolute atomic E-state index is 11.8. The van der Waals surface area contributed by atoms with E-state index in [1.54, 1.807) is 19.1 Å². The Hall–Kier alpha value is -1.73. The third kappa shape index (κ3) is 4.87. The van der Waals surface area contributed by atoms with Crippen LogP contribution >= 0.6 is 15.9 Å². The highest BCUT2D eigenvalue weighted by atomic mass is 79.9. The summed E-state index contributed by atoms with van der Waals surface area (Å²) in [7, 11) is -1.84. The zero-order chi connectivity index (χ0) is 16.9. The van der Waals surface area contributed by atoms with E-state index in [4.69, 9.17) is 9.47 Å². The second-order valence-corrected chi connectivity index (χ2v) is 7.63. The fourth-order valence-electron chi connectivity index (χ4n) is 1.86. The van der Waals surface area contributed by atoms with Gasteiger partial charge in [-0.1, -0.05) is 30.3 Å². The van der Waals surface area contributed by atoms with E-state index in [0.717, 1.165) is 5.56 Å². The second kappa shape index (κ2) is 7.70. The first-order valence-electron chi connectivity index (χ1n) is 7.00. The molecule has 2 aromatic rings. The van der Waals surface area contributed by atoms with Crippen molar-refractivity contribution < 1.29 is 17.9 Å². The van der Waals surface area contributed by atoms with E-state index in [1.807, 2.05) is 30.3 Å². The van der Waals surface area contributed by atoms with Gasteiger partial charge in [0.2, 0.25) is 10.0 Å². The lowest BCUT2D eigenvalue weighted by atomic mass is 10.2. The van der Waals surface area contributed by atoms with E-state index in [1.165, 1.54) is 7.11 Å². The van der Waals surface area contributed by atoms with E-state index >= 15 is 0 Å². The van der Waals surface area contributed by atoms with Gasteiger partial charge < -0.3 is 9.47 Å². The Labute approximate surface area is 144 Å². The Morgan fingerprint density at radius 1 is 1.13 bits per heavy atom. The van der Waals surface area contributed by atoms with Gasteiger partial charge in [0.1, 0.15) is 6.61 Å². The third-order valence-electron chi connectivity index (χ3n) is 3.14. The van der Waals surface area contributed by atoms with Gasteiger partial charge in [0, 0.05) is 16.6 Å². The zero-order valence-electron chi connectivity index (χ0n) is 12.9. The molecular weight excluding hydrogens is 382 g/mol. The number of benzene rings is 2. The van der Waals surface area contributed by atoms with Crippen molar-refractivity contribution in [3.8, 4) is 11.5 Å². The first-order valence-corrected chi connectivity index (χ1v) is 9.44. The van der Waals surface area contributed by atoms with E-state index < -0.39 is 10.0 Å². The van der Waals surface area contributed by atoms with Gasteiger partial charge in [-0.2, -0.15) is 0 Å². The summed E-state index contributed by atoms with van der Waals surface area (Å²) >= 11 is 3.34. The van der Waals surface area contributed by atoms with Crippen LogP contribution in [0.2, 0.25) is 0 Å². The predicted molar refractivity (Wildman–Crippen MR) is 94.6 cm³/mol. The lowest BCUT2D eigenvalue weighted by Gasteiger charge is -2.15. The van der Waals surface area contributed by atoms with Crippen molar-refractivity contribution in [3.05, 3.63) is 52.5 Å². The van der Waals surface area contributed by atoms with E-state index in [0.29, 0.717) is 28.3 Å². The lowest BCUT2D eigenvalue weighted by molar-refractivity contribution is 0.284. The molecule has 0 saturated heterocycles. The first kappa shape index (κ1) is 17.6. The fourth-order valence-corrected chi connectivity index (χ4v) is 3.06. The van der Waals surface area contributed by atoms with Crippen molar-refractivity contribution in [1.29, 1.82) is 0 Å². The van der Waals surface area contributed by atoms with Gasteiger partial charge in [-0.15, -0.1) is 0 Å². The highest BCUT2D eigenvalue weighted by Gasteiger charge is 2.14. The molecule has 0 saturated carbocycles. The van der Waals surface area contributed by atoms with Gasteiger partial charge in [0.05, 0.1) is 18.6 Å². The number of nitrogens with one attached hydrogen (secondary N) is 1. The number of hydrogen-bond donors (Lipinski definition) is 1. The van der Waals surface area contributed by atoms with Gasteiger partial charge in [-0.3, -0.25) is 4.72 Å². The number of methoxy groups -OCH3 is 1. The second-order valence-electron chi connectivity index (χ2n) is 4.76. The van der Waals surface area contributed by atoms with Crippen molar-refractivity contribution in [2.75, 3.05) is 17.6 Å². The topological polar surface area (TPSA) is 64.6 Å². The van der Waals surface area contributed by atoms with Crippen molar-refractivity contribution >= 4 is 31.6 Å². The molecule has 0 bridgehead atoms. The smallest absolute Gasteiger partial charge is 0.232 e. The van der Waals surface area contributed by atoms with E-state index in [9.17, 15) is 8.42 Å². The van der Waals surface area contributed by atoms with Crippen molar-refractivity contribution in [1.82, 2.24) is 0 Å². The molecule has 0 spiro atoms. The van der Waals surface area contributed by atoms with E-state index in [-0.39, 0.29) is 5.75 Å². The number of halogens is 1. The molecule has 23 heavy (non-hydrogen) atoms. The normalized spacial score (nSPS) is 11.1. The van der Waals surface area contributed by atoms with Crippen molar-refractivity contribution in [3.63, 3.8) is 0 Å². The summed E-state index contributed by atoms with van der Waals surface area (Å²) < 4.78 is 37.7. The van der Waals surface area contributed by atoms with Gasteiger partial charge in [-0.05, 0) is 28.4 Å². The van der Waals surface area contributed by atoms with Crippen LogP contribution in [0.15, 0.2) is 46.9 Å². The molecule has 0 aromatic heterocycles. The van der Waals surface area contributed by atoms with Gasteiger partial charge >= 0.3 is 0 Å². The quantitative estimate of drug-likeness (QED) is 0.768. The monoisotopic (exact) mass is 399 g/mol. The molecule has 0 unspecified atom stereocenters. The van der Waals surface area contributed by atoms with E-state index in [2.05, 4.69) is 20.7 Å². The van der Waals surface area contributed by atoms with Crippen molar-refractivity contribution in [2.24, 2.45) is 0 Å². The molecule has 2 aromatic carbocycles. The van der Waals surface area contributed by atoms with Crippen LogP contribution in [0, 0.1) is 0 Å². The molecule has 0 aliphatic heterocycles. The summed E-state index contributed by atoms with van der Waals surface area (Å²) in [6.07, 6.45) is 0. The molecule has 0 aliphatic carbocycles. The standard InChI is InChI=1S/C16H18BrNO4S/c1-3-23(19,20)18-14-10-16(15(21-2)9-13(14)17)22-11-12-7-5-4-6-8-12/h4-10,18H,3,11H2,1-2H3. The maximum atomic E-state index is 11.8. The average Bonchev–Trinajstić information content (AvgIpc) is 2.55. The molecule has 0 atom stereocenters. The summed E-state index contributed by atoms with van der Waals surface area (Å²) in [5.74, 6) is 0.978. The van der Waals surface area contributed by atoms with Crippen LogP contribution < -0.4 is 14.2 Å². The molecule has 2 rings (SSSR count). The number of hydrogen-bond acceptors (Lipinski definition) is 4. The van der Waals surface area contributed by atoms with Gasteiger partial charge in [0.25, 0.3) is 0 Å². The minimum absolute atomic E-state index is 0.00826. The van der Waals surface area contributed by atoms with Crippen LogP contribution in [0.1, 0.15) is 12.5 Å². The highest BCUT2D eigenvalue weighted by Crippen LogP contribution is 2.37. The number of rotatable bonds is 7. The number of anilines is 1. The molecular formula is C16H18BrNO4S. The Bertz CT molecular complexity index is 763. The summed E-state index contributed by atoms with van der Waals surface area (Å²) in [6, 6.07) is 13.0. The summed E-state index contributed by atoms with van der Waals surface area (Å²) in [6.45, 7) is 1.94. The molecule has 0 radical (unpaired) electrons. The Morgan fingerprint density at radius 2 is 1.83 bits per heavy atom. The predicted octanol–water partition coefficient (Wildman–Crippen LogP) is 3.80. The largest absolute Gasteiger partial charge is 0.493 e. The van der Waals surface area contributed by atoms with Crippen LogP contribution in [0.3, 0.4) is 0 Å². The molecule has 5 nitrogen and oxygen atoms in total. The Morgan fingerprint density at radius 3 is 2.43 bits per heavy atom. The van der Waals surface area contributed by atoms with Crippen molar-refractivity contribution in [2.45, 2.75) is 13.5 Å². The molecule has 0 fully saturated rings. The minimum Gasteiger partial charge on any atom is -0.493 e.